The van der Waals surface area contributed by atoms with Crippen molar-refractivity contribution >= 4 is 39.1 Å². The first-order chi connectivity index (χ1) is 6.52. The second-order valence-electron chi connectivity index (χ2n) is 2.64. The standard InChI is InChI=1S/C8H14O5S.Mg.2H/c1-3-5-6-7-14(10,11)13-12-8(9)4-2;;;/h4H,2-3,5-7H2,1H3;;;/q;+2;2*-1. The Hall–Kier alpha value is -0.114. The van der Waals surface area contributed by atoms with Crippen LogP contribution < -0.4 is 0 Å². The van der Waals surface area contributed by atoms with Crippen molar-refractivity contribution in [2.75, 3.05) is 5.75 Å². The van der Waals surface area contributed by atoms with E-state index < -0.39 is 16.1 Å². The summed E-state index contributed by atoms with van der Waals surface area (Å²) in [6.45, 7) is 5.04. The van der Waals surface area contributed by atoms with Crippen molar-refractivity contribution in [3.8, 4) is 0 Å². The van der Waals surface area contributed by atoms with Gasteiger partial charge in [0.25, 0.3) is 0 Å². The van der Waals surface area contributed by atoms with Gasteiger partial charge < -0.3 is 2.85 Å². The molecule has 0 aromatic heterocycles. The van der Waals surface area contributed by atoms with E-state index in [1.54, 1.807) is 0 Å². The number of hydrogen-bond donors (Lipinski definition) is 0. The van der Waals surface area contributed by atoms with Crippen molar-refractivity contribution < 1.29 is 25.3 Å². The Morgan fingerprint density at radius 1 is 1.47 bits per heavy atom. The first-order valence-corrected chi connectivity index (χ1v) is 5.84. The van der Waals surface area contributed by atoms with E-state index in [-0.39, 0.29) is 31.7 Å². The monoisotopic (exact) mass is 248 g/mol. The van der Waals surface area contributed by atoms with E-state index in [1.165, 1.54) is 0 Å². The minimum atomic E-state index is -3.75. The molecule has 0 fully saturated rings. The molecule has 15 heavy (non-hydrogen) atoms. The molecule has 0 aliphatic heterocycles. The number of carbonyl (C=O) groups excluding carboxylic acids is 1. The van der Waals surface area contributed by atoms with Gasteiger partial charge in [-0.2, -0.15) is 8.42 Å². The fourth-order valence-electron chi connectivity index (χ4n) is 0.682. The average molecular weight is 249 g/mol. The molecule has 0 aromatic rings. The maximum absolute atomic E-state index is 11.0. The first kappa shape index (κ1) is 17.3. The van der Waals surface area contributed by atoms with Gasteiger partial charge in [0.15, 0.2) is 0 Å². The molecule has 0 radical (unpaired) electrons. The molecule has 7 heteroatoms. The summed E-state index contributed by atoms with van der Waals surface area (Å²) < 4.78 is 26.0. The molecule has 0 saturated heterocycles. The van der Waals surface area contributed by atoms with E-state index in [4.69, 9.17) is 0 Å². The van der Waals surface area contributed by atoms with Crippen LogP contribution in [0, 0.1) is 0 Å². The van der Waals surface area contributed by atoms with Gasteiger partial charge in [-0.15, -0.1) is 0 Å². The SMILES string of the molecule is C=CC(=O)OOS(=O)(=O)CCCCC.[H-].[H-].[Mg+2]. The van der Waals surface area contributed by atoms with Gasteiger partial charge in [-0.25, -0.2) is 4.79 Å². The van der Waals surface area contributed by atoms with E-state index in [2.05, 4.69) is 15.8 Å². The maximum Gasteiger partial charge on any atom is 2.00 e. The van der Waals surface area contributed by atoms with E-state index >= 15 is 0 Å². The number of unbranched alkanes of at least 4 members (excludes halogenated alkanes) is 2. The van der Waals surface area contributed by atoms with Crippen LogP contribution in [0.5, 0.6) is 0 Å². The number of rotatable bonds is 7. The topological polar surface area (TPSA) is 69.7 Å². The summed E-state index contributed by atoms with van der Waals surface area (Å²) in [4.78, 5) is 14.4. The molecule has 0 aliphatic carbocycles. The molecule has 0 saturated carbocycles. The van der Waals surface area contributed by atoms with Crippen molar-refractivity contribution in [1.82, 2.24) is 0 Å². The summed E-state index contributed by atoms with van der Waals surface area (Å²) in [7, 11) is -3.75. The number of carbonyl (C=O) groups is 1. The van der Waals surface area contributed by atoms with Crippen molar-refractivity contribution in [3.05, 3.63) is 12.7 Å². The predicted octanol–water partition coefficient (Wildman–Crippen LogP) is 1.01. The van der Waals surface area contributed by atoms with Gasteiger partial charge in [0.1, 0.15) is 0 Å². The summed E-state index contributed by atoms with van der Waals surface area (Å²) in [6.07, 6.45) is 3.01. The van der Waals surface area contributed by atoms with Gasteiger partial charge in [0, 0.05) is 6.08 Å². The molecule has 0 aromatic carbocycles. The minimum absolute atomic E-state index is 0. The van der Waals surface area contributed by atoms with Gasteiger partial charge in [-0.3, -0.25) is 4.89 Å². The second kappa shape index (κ2) is 9.14. The summed E-state index contributed by atoms with van der Waals surface area (Å²) in [5.74, 6) is -1.07. The van der Waals surface area contributed by atoms with E-state index in [0.29, 0.717) is 6.42 Å². The largest absolute Gasteiger partial charge is 2.00 e. The van der Waals surface area contributed by atoms with Crippen LogP contribution in [0.4, 0.5) is 0 Å². The summed E-state index contributed by atoms with van der Waals surface area (Å²) in [5, 5.41) is 0. The van der Waals surface area contributed by atoms with Crippen LogP contribution in [0.25, 0.3) is 0 Å². The van der Waals surface area contributed by atoms with Crippen LogP contribution >= 0.6 is 0 Å². The smallest absolute Gasteiger partial charge is 1.00 e. The second-order valence-corrected chi connectivity index (χ2v) is 4.30. The molecular formula is C8H16MgO5S. The Balaban J connectivity index is -0.000000282. The summed E-state index contributed by atoms with van der Waals surface area (Å²) in [5.41, 5.74) is 0. The van der Waals surface area contributed by atoms with Crippen LogP contribution in [0.15, 0.2) is 12.7 Å². The van der Waals surface area contributed by atoms with Gasteiger partial charge >= 0.3 is 39.1 Å². The first-order valence-electron chi connectivity index (χ1n) is 4.27. The molecule has 5 nitrogen and oxygen atoms in total. The Bertz CT molecular complexity index is 294. The molecule has 0 amide bonds. The molecule has 0 unspecified atom stereocenters. The predicted molar refractivity (Wildman–Crippen MR) is 58.7 cm³/mol. The number of hydrogen-bond acceptors (Lipinski definition) is 5. The van der Waals surface area contributed by atoms with Gasteiger partial charge in [-0.1, -0.05) is 30.7 Å². The summed E-state index contributed by atoms with van der Waals surface area (Å²) in [6, 6.07) is 0. The van der Waals surface area contributed by atoms with Crippen molar-refractivity contribution in [2.24, 2.45) is 0 Å². The third-order valence-electron chi connectivity index (χ3n) is 1.38. The third-order valence-corrected chi connectivity index (χ3v) is 2.45. The normalized spacial score (nSPS) is 10.2. The molecule has 0 aliphatic rings. The zero-order valence-electron chi connectivity index (χ0n) is 10.8. The van der Waals surface area contributed by atoms with Crippen LogP contribution in [0.1, 0.15) is 29.0 Å². The van der Waals surface area contributed by atoms with Crippen molar-refractivity contribution in [3.63, 3.8) is 0 Å². The zero-order chi connectivity index (χ0) is 11.0. The van der Waals surface area contributed by atoms with Crippen LogP contribution in [-0.4, -0.2) is 43.2 Å². The molecule has 86 valence electrons. The third kappa shape index (κ3) is 10.2. The van der Waals surface area contributed by atoms with E-state index in [0.717, 1.165) is 18.9 Å². The molecule has 0 N–H and O–H groups in total. The Morgan fingerprint density at radius 3 is 2.53 bits per heavy atom. The summed E-state index contributed by atoms with van der Waals surface area (Å²) >= 11 is 0. The Kier molecular flexibility index (Phi) is 10.5. The van der Waals surface area contributed by atoms with Crippen LogP contribution in [0.3, 0.4) is 0 Å². The quantitative estimate of drug-likeness (QED) is 0.221. The van der Waals surface area contributed by atoms with Crippen LogP contribution in [0.2, 0.25) is 0 Å². The van der Waals surface area contributed by atoms with Crippen LogP contribution in [-0.2, 0) is 24.1 Å². The Morgan fingerprint density at radius 2 is 2.07 bits per heavy atom. The zero-order valence-corrected chi connectivity index (χ0v) is 11.0. The fourth-order valence-corrected chi connectivity index (χ4v) is 1.48. The maximum atomic E-state index is 11.0. The van der Waals surface area contributed by atoms with Crippen molar-refractivity contribution in [2.45, 2.75) is 26.2 Å². The molecule has 0 rings (SSSR count). The Labute approximate surface area is 109 Å². The fraction of sp³-hybridized carbons (Fsp3) is 0.625. The molecule has 0 atom stereocenters. The van der Waals surface area contributed by atoms with Gasteiger partial charge in [0.05, 0.1) is 5.75 Å². The van der Waals surface area contributed by atoms with Crippen molar-refractivity contribution in [1.29, 1.82) is 0 Å². The van der Waals surface area contributed by atoms with Gasteiger partial charge in [-0.05, 0) is 6.42 Å². The molecule has 0 bridgehead atoms. The molecule has 0 heterocycles. The van der Waals surface area contributed by atoms with E-state index in [1.807, 2.05) is 6.92 Å². The minimum Gasteiger partial charge on any atom is -1.00 e. The van der Waals surface area contributed by atoms with E-state index in [9.17, 15) is 13.2 Å². The molecular weight excluding hydrogens is 232 g/mol. The molecule has 0 spiro atoms. The van der Waals surface area contributed by atoms with Gasteiger partial charge in [0.2, 0.25) is 0 Å². The average Bonchev–Trinajstić information content (AvgIpc) is 2.14.